The molecule has 1 unspecified atom stereocenters. The van der Waals surface area contributed by atoms with E-state index in [2.05, 4.69) is 9.88 Å². The first-order valence-corrected chi connectivity index (χ1v) is 7.72. The van der Waals surface area contributed by atoms with Gasteiger partial charge in [-0.2, -0.15) is 0 Å². The molecular weight excluding hydrogens is 294 g/mol. The third kappa shape index (κ3) is 4.18. The van der Waals surface area contributed by atoms with Crippen molar-refractivity contribution in [2.24, 2.45) is 0 Å². The van der Waals surface area contributed by atoms with Crippen LogP contribution in [-0.4, -0.2) is 53.5 Å². The summed E-state index contributed by atoms with van der Waals surface area (Å²) in [6.07, 6.45) is 4.69. The summed E-state index contributed by atoms with van der Waals surface area (Å²) in [6.45, 7) is 2.95. The van der Waals surface area contributed by atoms with Gasteiger partial charge in [-0.05, 0) is 30.8 Å². The zero-order valence-electron chi connectivity index (χ0n) is 13.2. The standard InChI is InChI=1S/C17H21N3O3/c1-19-7-9-23-16(13-19)17(21)20(12-15-5-3-8-22-15)11-14-4-2-6-18-10-14/h2-6,8,10,16H,7,9,11-13H2,1H3. The van der Waals surface area contributed by atoms with E-state index in [0.29, 0.717) is 26.2 Å². The van der Waals surface area contributed by atoms with Gasteiger partial charge < -0.3 is 19.0 Å². The van der Waals surface area contributed by atoms with Crippen molar-refractivity contribution in [2.45, 2.75) is 19.2 Å². The molecule has 0 N–H and O–H groups in total. The maximum absolute atomic E-state index is 12.9. The van der Waals surface area contributed by atoms with Gasteiger partial charge in [0.25, 0.3) is 5.91 Å². The summed E-state index contributed by atoms with van der Waals surface area (Å²) in [5, 5.41) is 0. The fourth-order valence-corrected chi connectivity index (χ4v) is 2.65. The maximum atomic E-state index is 12.9. The van der Waals surface area contributed by atoms with Gasteiger partial charge in [-0.3, -0.25) is 9.78 Å². The number of carbonyl (C=O) groups excluding carboxylic acids is 1. The van der Waals surface area contributed by atoms with E-state index in [-0.39, 0.29) is 5.91 Å². The summed E-state index contributed by atoms with van der Waals surface area (Å²) >= 11 is 0. The fourth-order valence-electron chi connectivity index (χ4n) is 2.65. The van der Waals surface area contributed by atoms with Crippen molar-refractivity contribution >= 4 is 5.91 Å². The van der Waals surface area contributed by atoms with E-state index in [4.69, 9.17) is 9.15 Å². The highest BCUT2D eigenvalue weighted by atomic mass is 16.5. The van der Waals surface area contributed by atoms with Crippen molar-refractivity contribution < 1.29 is 13.9 Å². The quantitative estimate of drug-likeness (QED) is 0.837. The predicted octanol–water partition coefficient (Wildman–Crippen LogP) is 1.53. The smallest absolute Gasteiger partial charge is 0.253 e. The van der Waals surface area contributed by atoms with Crippen molar-refractivity contribution in [1.82, 2.24) is 14.8 Å². The van der Waals surface area contributed by atoms with Crippen molar-refractivity contribution in [2.75, 3.05) is 26.7 Å². The van der Waals surface area contributed by atoms with E-state index in [1.807, 2.05) is 31.3 Å². The molecule has 0 radical (unpaired) electrons. The van der Waals surface area contributed by atoms with E-state index in [9.17, 15) is 4.79 Å². The van der Waals surface area contributed by atoms with E-state index in [1.54, 1.807) is 23.6 Å². The van der Waals surface area contributed by atoms with E-state index < -0.39 is 6.10 Å². The van der Waals surface area contributed by atoms with Crippen molar-refractivity contribution in [3.8, 4) is 0 Å². The predicted molar refractivity (Wildman–Crippen MR) is 84.4 cm³/mol. The van der Waals surface area contributed by atoms with Crippen LogP contribution in [0.5, 0.6) is 0 Å². The van der Waals surface area contributed by atoms with Crippen molar-refractivity contribution in [3.05, 3.63) is 54.2 Å². The summed E-state index contributed by atoms with van der Waals surface area (Å²) in [5.41, 5.74) is 0.983. The van der Waals surface area contributed by atoms with Crippen LogP contribution in [0.1, 0.15) is 11.3 Å². The van der Waals surface area contributed by atoms with Gasteiger partial charge in [-0.1, -0.05) is 6.07 Å². The Morgan fingerprint density at radius 2 is 2.30 bits per heavy atom. The number of ether oxygens (including phenoxy) is 1. The van der Waals surface area contributed by atoms with Crippen LogP contribution in [0.15, 0.2) is 47.3 Å². The Balaban J connectivity index is 1.74. The molecule has 1 amide bonds. The molecule has 2 aromatic heterocycles. The maximum Gasteiger partial charge on any atom is 0.253 e. The molecule has 1 fully saturated rings. The lowest BCUT2D eigenvalue weighted by Gasteiger charge is -2.33. The van der Waals surface area contributed by atoms with Gasteiger partial charge in [0.15, 0.2) is 0 Å². The summed E-state index contributed by atoms with van der Waals surface area (Å²) in [5.74, 6) is 0.739. The summed E-state index contributed by atoms with van der Waals surface area (Å²) in [7, 11) is 2.00. The molecular formula is C17H21N3O3. The second-order valence-electron chi connectivity index (χ2n) is 5.76. The lowest BCUT2D eigenvalue weighted by atomic mass is 10.2. The molecule has 3 rings (SSSR count). The molecule has 0 aromatic carbocycles. The third-order valence-electron chi connectivity index (χ3n) is 3.88. The number of likely N-dealkylation sites (N-methyl/N-ethyl adjacent to an activating group) is 1. The van der Waals surface area contributed by atoms with Gasteiger partial charge in [-0.25, -0.2) is 0 Å². The minimum absolute atomic E-state index is 0.0168. The SMILES string of the molecule is CN1CCOC(C(=O)N(Cc2cccnc2)Cc2ccco2)C1. The van der Waals surface area contributed by atoms with Crippen LogP contribution in [0.2, 0.25) is 0 Å². The Morgan fingerprint density at radius 1 is 1.39 bits per heavy atom. The number of morpholine rings is 1. The molecule has 6 nitrogen and oxygen atoms in total. The Hall–Kier alpha value is -2.18. The molecule has 2 aromatic rings. The molecule has 1 aliphatic heterocycles. The summed E-state index contributed by atoms with van der Waals surface area (Å²) < 4.78 is 11.1. The number of aromatic nitrogens is 1. The van der Waals surface area contributed by atoms with Crippen LogP contribution in [0, 0.1) is 0 Å². The highest BCUT2D eigenvalue weighted by molar-refractivity contribution is 5.81. The van der Waals surface area contributed by atoms with Crippen LogP contribution in [0.3, 0.4) is 0 Å². The van der Waals surface area contributed by atoms with Gasteiger partial charge in [0, 0.05) is 32.0 Å². The number of hydrogen-bond donors (Lipinski definition) is 0. The fraction of sp³-hybridized carbons (Fsp3) is 0.412. The van der Waals surface area contributed by atoms with Crippen LogP contribution in [0.25, 0.3) is 0 Å². The van der Waals surface area contributed by atoms with E-state index in [1.165, 1.54) is 0 Å². The summed E-state index contributed by atoms with van der Waals surface area (Å²) in [4.78, 5) is 20.9. The van der Waals surface area contributed by atoms with Crippen LogP contribution >= 0.6 is 0 Å². The molecule has 0 bridgehead atoms. The molecule has 23 heavy (non-hydrogen) atoms. The van der Waals surface area contributed by atoms with Gasteiger partial charge in [0.2, 0.25) is 0 Å². The second-order valence-corrected chi connectivity index (χ2v) is 5.76. The van der Waals surface area contributed by atoms with Gasteiger partial charge in [0.1, 0.15) is 11.9 Å². The van der Waals surface area contributed by atoms with E-state index >= 15 is 0 Å². The Labute approximate surface area is 135 Å². The van der Waals surface area contributed by atoms with Crippen LogP contribution in [0.4, 0.5) is 0 Å². The molecule has 1 saturated heterocycles. The number of rotatable bonds is 5. The minimum atomic E-state index is -0.430. The minimum Gasteiger partial charge on any atom is -0.467 e. The largest absolute Gasteiger partial charge is 0.467 e. The zero-order chi connectivity index (χ0) is 16.1. The highest BCUT2D eigenvalue weighted by Gasteiger charge is 2.29. The lowest BCUT2D eigenvalue weighted by Crippen LogP contribution is -2.49. The number of amides is 1. The topological polar surface area (TPSA) is 58.8 Å². The molecule has 122 valence electrons. The van der Waals surface area contributed by atoms with Crippen molar-refractivity contribution in [1.29, 1.82) is 0 Å². The first-order valence-electron chi connectivity index (χ1n) is 7.72. The molecule has 3 heterocycles. The Kier molecular flexibility index (Phi) is 5.05. The number of pyridine rings is 1. The third-order valence-corrected chi connectivity index (χ3v) is 3.88. The first kappa shape index (κ1) is 15.7. The molecule has 1 atom stereocenters. The van der Waals surface area contributed by atoms with Crippen LogP contribution < -0.4 is 0 Å². The average Bonchev–Trinajstić information content (AvgIpc) is 3.08. The molecule has 0 saturated carbocycles. The van der Waals surface area contributed by atoms with Gasteiger partial charge in [0.05, 0.1) is 19.4 Å². The number of nitrogens with zero attached hydrogens (tertiary/aromatic N) is 3. The molecule has 0 aliphatic carbocycles. The molecule has 0 spiro atoms. The molecule has 1 aliphatic rings. The Morgan fingerprint density at radius 3 is 3.00 bits per heavy atom. The second kappa shape index (κ2) is 7.39. The number of hydrogen-bond acceptors (Lipinski definition) is 5. The lowest BCUT2D eigenvalue weighted by molar-refractivity contribution is -0.150. The number of furan rings is 1. The summed E-state index contributed by atoms with van der Waals surface area (Å²) in [6, 6.07) is 7.53. The first-order chi connectivity index (χ1) is 11.2. The van der Waals surface area contributed by atoms with Gasteiger partial charge in [-0.15, -0.1) is 0 Å². The Bertz CT molecular complexity index is 615. The average molecular weight is 315 g/mol. The van der Waals surface area contributed by atoms with Crippen molar-refractivity contribution in [3.63, 3.8) is 0 Å². The molecule has 6 heteroatoms. The van der Waals surface area contributed by atoms with Gasteiger partial charge >= 0.3 is 0 Å². The monoisotopic (exact) mass is 315 g/mol. The normalized spacial score (nSPS) is 18.7. The zero-order valence-corrected chi connectivity index (χ0v) is 13.2. The van der Waals surface area contributed by atoms with Crippen LogP contribution in [-0.2, 0) is 22.6 Å². The number of carbonyl (C=O) groups is 1. The van der Waals surface area contributed by atoms with E-state index in [0.717, 1.165) is 17.9 Å². The highest BCUT2D eigenvalue weighted by Crippen LogP contribution is 2.14.